The maximum absolute atomic E-state index is 12.5. The van der Waals surface area contributed by atoms with Crippen molar-refractivity contribution >= 4 is 40.0 Å². The zero-order valence-corrected chi connectivity index (χ0v) is 21.2. The summed E-state index contributed by atoms with van der Waals surface area (Å²) in [6, 6.07) is 7.19. The summed E-state index contributed by atoms with van der Waals surface area (Å²) in [5.41, 5.74) is 1.03. The normalized spacial score (nSPS) is 15.9. The second-order valence-corrected chi connectivity index (χ2v) is 9.37. The Kier molecular flexibility index (Phi) is 12.0. The summed E-state index contributed by atoms with van der Waals surface area (Å²) < 4.78 is 31.9. The van der Waals surface area contributed by atoms with Crippen molar-refractivity contribution in [2.75, 3.05) is 51.6 Å². The predicted octanol–water partition coefficient (Wildman–Crippen LogP) is 1.89. The lowest BCUT2D eigenvalue weighted by molar-refractivity contribution is 0.0904. The van der Waals surface area contributed by atoms with Crippen molar-refractivity contribution < 1.29 is 18.3 Å². The van der Waals surface area contributed by atoms with Crippen molar-refractivity contribution in [3.05, 3.63) is 29.8 Å². The summed E-state index contributed by atoms with van der Waals surface area (Å²) in [5.74, 6) is 1.07. The number of piperazine rings is 1. The van der Waals surface area contributed by atoms with Gasteiger partial charge in [0, 0.05) is 39.3 Å². The standard InChI is InChI=1S/C20H34N4O4S.HI/c1-4-21-20(22-9-8-18-6-5-7-19(25)16-18)23-10-12-24(13-11-23)29(26,27)15-14-28-17(2)3;/h5-7,16-17,25H,4,8-15H2,1-3H3,(H,21,22);1H. The lowest BCUT2D eigenvalue weighted by Crippen LogP contribution is -2.54. The summed E-state index contributed by atoms with van der Waals surface area (Å²) in [6.45, 7) is 9.46. The van der Waals surface area contributed by atoms with Crippen LogP contribution >= 0.6 is 24.0 Å². The average Bonchev–Trinajstić information content (AvgIpc) is 2.67. The highest BCUT2D eigenvalue weighted by Crippen LogP contribution is 2.12. The van der Waals surface area contributed by atoms with Crippen LogP contribution in [-0.4, -0.2) is 86.4 Å². The SMILES string of the molecule is CCNC(=NCCc1cccc(O)c1)N1CCN(S(=O)(=O)CCOC(C)C)CC1.I. The van der Waals surface area contributed by atoms with Crippen LogP contribution in [0.5, 0.6) is 5.75 Å². The van der Waals surface area contributed by atoms with Crippen LogP contribution < -0.4 is 5.32 Å². The van der Waals surface area contributed by atoms with Gasteiger partial charge in [-0.05, 0) is 44.9 Å². The first-order chi connectivity index (χ1) is 13.8. The highest BCUT2D eigenvalue weighted by atomic mass is 127. The van der Waals surface area contributed by atoms with Crippen LogP contribution in [0, 0.1) is 0 Å². The Morgan fingerprint density at radius 3 is 2.57 bits per heavy atom. The zero-order chi connectivity index (χ0) is 21.3. The molecule has 8 nitrogen and oxygen atoms in total. The molecule has 10 heteroatoms. The molecule has 1 aromatic rings. The van der Waals surface area contributed by atoms with E-state index in [0.717, 1.165) is 24.5 Å². The van der Waals surface area contributed by atoms with Crippen molar-refractivity contribution in [3.63, 3.8) is 0 Å². The van der Waals surface area contributed by atoms with Crippen LogP contribution in [0.15, 0.2) is 29.3 Å². The monoisotopic (exact) mass is 554 g/mol. The van der Waals surface area contributed by atoms with Gasteiger partial charge in [-0.25, -0.2) is 8.42 Å². The third kappa shape index (κ3) is 8.94. The van der Waals surface area contributed by atoms with Gasteiger partial charge in [0.05, 0.1) is 18.5 Å². The molecule has 1 aromatic carbocycles. The molecule has 1 saturated heterocycles. The van der Waals surface area contributed by atoms with Gasteiger partial charge < -0.3 is 20.1 Å². The molecule has 1 heterocycles. The van der Waals surface area contributed by atoms with Gasteiger partial charge in [0.2, 0.25) is 10.0 Å². The minimum Gasteiger partial charge on any atom is -0.508 e. The second-order valence-electron chi connectivity index (χ2n) is 7.28. The van der Waals surface area contributed by atoms with Gasteiger partial charge in [-0.3, -0.25) is 4.99 Å². The molecule has 0 aliphatic carbocycles. The highest BCUT2D eigenvalue weighted by Gasteiger charge is 2.27. The number of guanidine groups is 1. The van der Waals surface area contributed by atoms with Gasteiger partial charge in [-0.2, -0.15) is 4.31 Å². The maximum atomic E-state index is 12.5. The fourth-order valence-electron chi connectivity index (χ4n) is 3.12. The number of hydrogen-bond acceptors (Lipinski definition) is 5. The van der Waals surface area contributed by atoms with E-state index in [4.69, 9.17) is 4.74 Å². The number of phenols is 1. The minimum absolute atomic E-state index is 0. The number of hydrogen-bond donors (Lipinski definition) is 2. The van der Waals surface area contributed by atoms with Gasteiger partial charge in [0.25, 0.3) is 0 Å². The molecule has 0 bridgehead atoms. The number of sulfonamides is 1. The topological polar surface area (TPSA) is 94.5 Å². The van der Waals surface area contributed by atoms with Gasteiger partial charge in [-0.15, -0.1) is 24.0 Å². The van der Waals surface area contributed by atoms with Crippen LogP contribution in [-0.2, 0) is 21.2 Å². The smallest absolute Gasteiger partial charge is 0.216 e. The van der Waals surface area contributed by atoms with E-state index in [2.05, 4.69) is 15.2 Å². The van der Waals surface area contributed by atoms with E-state index in [9.17, 15) is 13.5 Å². The van der Waals surface area contributed by atoms with E-state index in [0.29, 0.717) is 32.7 Å². The Morgan fingerprint density at radius 1 is 1.27 bits per heavy atom. The van der Waals surface area contributed by atoms with Crippen LogP contribution in [0.2, 0.25) is 0 Å². The summed E-state index contributed by atoms with van der Waals surface area (Å²) in [4.78, 5) is 6.78. The largest absolute Gasteiger partial charge is 0.508 e. The number of phenolic OH excluding ortho intramolecular Hbond substituents is 1. The van der Waals surface area contributed by atoms with E-state index >= 15 is 0 Å². The molecule has 0 amide bonds. The molecule has 30 heavy (non-hydrogen) atoms. The molecule has 0 atom stereocenters. The molecule has 0 spiro atoms. The lowest BCUT2D eigenvalue weighted by atomic mass is 10.1. The highest BCUT2D eigenvalue weighted by molar-refractivity contribution is 14.0. The molecular formula is C20H35IN4O4S. The van der Waals surface area contributed by atoms with E-state index in [-0.39, 0.29) is 48.2 Å². The molecule has 0 saturated carbocycles. The number of aromatic hydroxyl groups is 1. The van der Waals surface area contributed by atoms with E-state index in [1.807, 2.05) is 32.9 Å². The van der Waals surface area contributed by atoms with Crippen LogP contribution in [0.25, 0.3) is 0 Å². The lowest BCUT2D eigenvalue weighted by Gasteiger charge is -2.36. The van der Waals surface area contributed by atoms with Crippen LogP contribution in [0.3, 0.4) is 0 Å². The molecule has 1 aliphatic rings. The molecular weight excluding hydrogens is 519 g/mol. The summed E-state index contributed by atoms with van der Waals surface area (Å²) in [5, 5.41) is 12.9. The number of benzene rings is 1. The van der Waals surface area contributed by atoms with Crippen molar-refractivity contribution in [2.45, 2.75) is 33.3 Å². The molecule has 1 fully saturated rings. The van der Waals surface area contributed by atoms with Gasteiger partial charge in [0.15, 0.2) is 5.96 Å². The Labute approximate surface area is 197 Å². The first-order valence-electron chi connectivity index (χ1n) is 10.2. The molecule has 2 N–H and O–H groups in total. The fraction of sp³-hybridized carbons (Fsp3) is 0.650. The average molecular weight is 554 g/mol. The molecule has 0 radical (unpaired) electrons. The first-order valence-corrected chi connectivity index (χ1v) is 11.8. The summed E-state index contributed by atoms with van der Waals surface area (Å²) in [6.07, 6.45) is 0.758. The van der Waals surface area contributed by atoms with Crippen molar-refractivity contribution in [2.24, 2.45) is 4.99 Å². The zero-order valence-electron chi connectivity index (χ0n) is 18.1. The number of ether oxygens (including phenoxy) is 1. The third-order valence-corrected chi connectivity index (χ3v) is 6.47. The fourth-order valence-corrected chi connectivity index (χ4v) is 4.41. The molecule has 2 rings (SSSR count). The quantitative estimate of drug-likeness (QED) is 0.275. The van der Waals surface area contributed by atoms with E-state index < -0.39 is 10.0 Å². The molecule has 0 aromatic heterocycles. The Balaban J connectivity index is 0.00000450. The second kappa shape index (κ2) is 13.3. The first kappa shape index (κ1) is 26.9. The number of rotatable bonds is 9. The summed E-state index contributed by atoms with van der Waals surface area (Å²) in [7, 11) is -3.30. The predicted molar refractivity (Wildman–Crippen MR) is 131 cm³/mol. The number of nitrogens with zero attached hydrogens (tertiary/aromatic N) is 3. The van der Waals surface area contributed by atoms with Gasteiger partial charge in [-0.1, -0.05) is 12.1 Å². The van der Waals surface area contributed by atoms with Gasteiger partial charge >= 0.3 is 0 Å². The van der Waals surface area contributed by atoms with Crippen LogP contribution in [0.4, 0.5) is 0 Å². The van der Waals surface area contributed by atoms with Crippen molar-refractivity contribution in [3.8, 4) is 5.75 Å². The molecule has 1 aliphatic heterocycles. The molecule has 172 valence electrons. The molecule has 0 unspecified atom stereocenters. The van der Waals surface area contributed by atoms with E-state index in [1.165, 1.54) is 0 Å². The van der Waals surface area contributed by atoms with E-state index in [1.54, 1.807) is 16.4 Å². The number of halogens is 1. The Hall–Kier alpha value is -1.11. The van der Waals surface area contributed by atoms with Crippen molar-refractivity contribution in [1.82, 2.24) is 14.5 Å². The minimum atomic E-state index is -3.30. The Bertz CT molecular complexity index is 766. The third-order valence-electron chi connectivity index (χ3n) is 4.63. The Morgan fingerprint density at radius 2 is 1.97 bits per heavy atom. The number of nitrogens with one attached hydrogen (secondary N) is 1. The van der Waals surface area contributed by atoms with Gasteiger partial charge in [0.1, 0.15) is 5.75 Å². The van der Waals surface area contributed by atoms with Crippen molar-refractivity contribution in [1.29, 1.82) is 0 Å². The van der Waals surface area contributed by atoms with Crippen LogP contribution in [0.1, 0.15) is 26.3 Å². The number of aliphatic imine (C=N–C) groups is 1. The summed E-state index contributed by atoms with van der Waals surface area (Å²) >= 11 is 0. The maximum Gasteiger partial charge on any atom is 0.216 e.